The number of phenols is 1. The molecule has 0 aromatic heterocycles. The third-order valence-electron chi connectivity index (χ3n) is 1.49. The van der Waals surface area contributed by atoms with Crippen LogP contribution in [0.3, 0.4) is 0 Å². The predicted octanol–water partition coefficient (Wildman–Crippen LogP) is 1.76. The van der Waals surface area contributed by atoms with E-state index in [0.717, 1.165) is 12.1 Å². The van der Waals surface area contributed by atoms with Gasteiger partial charge in [-0.05, 0) is 15.9 Å². The van der Waals surface area contributed by atoms with Crippen LogP contribution in [0.15, 0.2) is 16.6 Å². The van der Waals surface area contributed by atoms with Gasteiger partial charge in [0.15, 0.2) is 0 Å². The van der Waals surface area contributed by atoms with E-state index in [1.807, 2.05) is 0 Å². The number of aromatic carboxylic acids is 1. The standard InChI is InChI=1S/C7H4BrNO5/c8-5-2-3(9(13)14)1-4(6(5)10)7(11)12/h1-2,10H,(H,11,12). The number of halogens is 1. The van der Waals surface area contributed by atoms with Gasteiger partial charge < -0.3 is 10.2 Å². The number of nitrogens with zero attached hydrogens (tertiary/aromatic N) is 1. The van der Waals surface area contributed by atoms with Crippen LogP contribution in [-0.4, -0.2) is 21.1 Å². The van der Waals surface area contributed by atoms with Crippen LogP contribution < -0.4 is 0 Å². The summed E-state index contributed by atoms with van der Waals surface area (Å²) in [6.45, 7) is 0. The molecule has 0 amide bonds. The summed E-state index contributed by atoms with van der Waals surface area (Å²) in [5.74, 6) is -1.95. The average Bonchev–Trinajstić information content (AvgIpc) is 2.08. The van der Waals surface area contributed by atoms with Crippen LogP contribution in [0.5, 0.6) is 5.75 Å². The molecule has 0 unspecified atom stereocenters. The van der Waals surface area contributed by atoms with E-state index in [4.69, 9.17) is 5.11 Å². The van der Waals surface area contributed by atoms with Crippen molar-refractivity contribution >= 4 is 27.6 Å². The second-order valence-corrected chi connectivity index (χ2v) is 3.24. The maximum Gasteiger partial charge on any atom is 0.339 e. The number of carboxylic acid groups (broad SMARTS) is 1. The predicted molar refractivity (Wildman–Crippen MR) is 49.4 cm³/mol. The SMILES string of the molecule is O=C(O)c1cc([N+](=O)[O-])cc(Br)c1O. The summed E-state index contributed by atoms with van der Waals surface area (Å²) in [6.07, 6.45) is 0. The number of carboxylic acids is 1. The van der Waals surface area contributed by atoms with Crippen LogP contribution in [0, 0.1) is 10.1 Å². The summed E-state index contributed by atoms with van der Waals surface area (Å²) < 4.78 is -0.0240. The molecule has 74 valence electrons. The molecule has 2 N–H and O–H groups in total. The van der Waals surface area contributed by atoms with Gasteiger partial charge >= 0.3 is 5.97 Å². The topological polar surface area (TPSA) is 101 Å². The highest BCUT2D eigenvalue weighted by atomic mass is 79.9. The maximum atomic E-state index is 10.5. The average molecular weight is 262 g/mol. The zero-order chi connectivity index (χ0) is 10.9. The van der Waals surface area contributed by atoms with Gasteiger partial charge in [0.25, 0.3) is 5.69 Å². The van der Waals surface area contributed by atoms with Crippen molar-refractivity contribution in [1.29, 1.82) is 0 Å². The number of hydrogen-bond acceptors (Lipinski definition) is 4. The fraction of sp³-hybridized carbons (Fsp3) is 0. The molecule has 1 aromatic carbocycles. The first-order valence-electron chi connectivity index (χ1n) is 3.33. The van der Waals surface area contributed by atoms with Gasteiger partial charge in [0, 0.05) is 12.1 Å². The zero-order valence-corrected chi connectivity index (χ0v) is 8.19. The Morgan fingerprint density at radius 1 is 1.50 bits per heavy atom. The highest BCUT2D eigenvalue weighted by molar-refractivity contribution is 9.10. The van der Waals surface area contributed by atoms with E-state index in [0.29, 0.717) is 0 Å². The van der Waals surface area contributed by atoms with Crippen molar-refractivity contribution in [1.82, 2.24) is 0 Å². The number of rotatable bonds is 2. The van der Waals surface area contributed by atoms with Crippen molar-refractivity contribution < 1.29 is 19.9 Å². The van der Waals surface area contributed by atoms with Crippen LogP contribution in [0.1, 0.15) is 10.4 Å². The highest BCUT2D eigenvalue weighted by Gasteiger charge is 2.18. The summed E-state index contributed by atoms with van der Waals surface area (Å²) in [4.78, 5) is 20.2. The molecule has 7 heteroatoms. The Hall–Kier alpha value is -1.63. The molecule has 0 saturated heterocycles. The number of benzene rings is 1. The molecule has 0 saturated carbocycles. The van der Waals surface area contributed by atoms with E-state index < -0.39 is 27.9 Å². The molecule has 14 heavy (non-hydrogen) atoms. The third-order valence-corrected chi connectivity index (χ3v) is 2.09. The highest BCUT2D eigenvalue weighted by Crippen LogP contribution is 2.32. The summed E-state index contributed by atoms with van der Waals surface area (Å²) in [7, 11) is 0. The monoisotopic (exact) mass is 261 g/mol. The minimum atomic E-state index is -1.42. The summed E-state index contributed by atoms with van der Waals surface area (Å²) >= 11 is 2.82. The molecule has 0 aliphatic heterocycles. The number of nitro groups is 1. The van der Waals surface area contributed by atoms with Crippen molar-refractivity contribution in [2.45, 2.75) is 0 Å². The molecule has 1 rings (SSSR count). The van der Waals surface area contributed by atoms with Crippen LogP contribution in [-0.2, 0) is 0 Å². The molecule has 0 radical (unpaired) electrons. The fourth-order valence-electron chi connectivity index (χ4n) is 0.853. The molecule has 0 aliphatic carbocycles. The van der Waals surface area contributed by atoms with E-state index >= 15 is 0 Å². The van der Waals surface area contributed by atoms with E-state index in [1.165, 1.54) is 0 Å². The van der Waals surface area contributed by atoms with Gasteiger partial charge in [-0.2, -0.15) is 0 Å². The van der Waals surface area contributed by atoms with Crippen molar-refractivity contribution in [2.24, 2.45) is 0 Å². The Labute approximate surface area is 86.1 Å². The lowest BCUT2D eigenvalue weighted by Gasteiger charge is -2.01. The van der Waals surface area contributed by atoms with Crippen molar-refractivity contribution in [2.75, 3.05) is 0 Å². The third kappa shape index (κ3) is 1.82. The Bertz CT molecular complexity index is 417. The summed E-state index contributed by atoms with van der Waals surface area (Å²) in [5.41, 5.74) is -0.904. The van der Waals surface area contributed by atoms with E-state index in [-0.39, 0.29) is 4.47 Å². The molecular weight excluding hydrogens is 258 g/mol. The van der Waals surface area contributed by atoms with E-state index in [9.17, 15) is 20.0 Å². The molecule has 1 aromatic rings. The van der Waals surface area contributed by atoms with Crippen LogP contribution >= 0.6 is 15.9 Å². The Morgan fingerprint density at radius 2 is 2.07 bits per heavy atom. The van der Waals surface area contributed by atoms with Crippen molar-refractivity contribution in [3.63, 3.8) is 0 Å². The van der Waals surface area contributed by atoms with Crippen molar-refractivity contribution in [3.8, 4) is 5.75 Å². The number of carbonyl (C=O) groups is 1. The first kappa shape index (κ1) is 10.5. The van der Waals surface area contributed by atoms with Crippen LogP contribution in [0.25, 0.3) is 0 Å². The molecule has 0 fully saturated rings. The molecule has 0 spiro atoms. The first-order valence-corrected chi connectivity index (χ1v) is 4.13. The van der Waals surface area contributed by atoms with Crippen LogP contribution in [0.4, 0.5) is 5.69 Å². The van der Waals surface area contributed by atoms with E-state index in [2.05, 4.69) is 15.9 Å². The first-order chi connectivity index (χ1) is 6.43. The smallest absolute Gasteiger partial charge is 0.339 e. The molecule has 0 bridgehead atoms. The van der Waals surface area contributed by atoms with Gasteiger partial charge in [-0.1, -0.05) is 0 Å². The quantitative estimate of drug-likeness (QED) is 0.624. The van der Waals surface area contributed by atoms with Crippen LogP contribution in [0.2, 0.25) is 0 Å². The Kier molecular flexibility index (Phi) is 2.70. The molecular formula is C7H4BrNO5. The van der Waals surface area contributed by atoms with Gasteiger partial charge in [-0.15, -0.1) is 0 Å². The fourth-order valence-corrected chi connectivity index (χ4v) is 1.30. The number of nitro benzene ring substituents is 1. The van der Waals surface area contributed by atoms with Crippen molar-refractivity contribution in [3.05, 3.63) is 32.3 Å². The second-order valence-electron chi connectivity index (χ2n) is 2.39. The minimum Gasteiger partial charge on any atom is -0.506 e. The maximum absolute atomic E-state index is 10.5. The van der Waals surface area contributed by atoms with Gasteiger partial charge in [0.2, 0.25) is 0 Å². The summed E-state index contributed by atoms with van der Waals surface area (Å²) in [6, 6.07) is 1.82. The van der Waals surface area contributed by atoms with Gasteiger partial charge in [0.05, 0.1) is 9.40 Å². The number of non-ortho nitro benzene ring substituents is 1. The molecule has 0 atom stereocenters. The van der Waals surface area contributed by atoms with Gasteiger partial charge in [0.1, 0.15) is 11.3 Å². The molecule has 0 aliphatic rings. The van der Waals surface area contributed by atoms with E-state index in [1.54, 1.807) is 0 Å². The zero-order valence-electron chi connectivity index (χ0n) is 6.60. The molecule has 6 nitrogen and oxygen atoms in total. The summed E-state index contributed by atoms with van der Waals surface area (Å²) in [5, 5.41) is 28.2. The van der Waals surface area contributed by atoms with Gasteiger partial charge in [-0.3, -0.25) is 10.1 Å². The Morgan fingerprint density at radius 3 is 2.50 bits per heavy atom. The largest absolute Gasteiger partial charge is 0.506 e. The lowest BCUT2D eigenvalue weighted by molar-refractivity contribution is -0.385. The molecule has 0 heterocycles. The number of aromatic hydroxyl groups is 1. The Balaban J connectivity index is 3.43. The second kappa shape index (κ2) is 3.62. The number of hydrogen-bond donors (Lipinski definition) is 2. The minimum absolute atomic E-state index is 0.0240. The normalized spacial score (nSPS) is 9.79. The van der Waals surface area contributed by atoms with Gasteiger partial charge in [-0.25, -0.2) is 4.79 Å². The lowest BCUT2D eigenvalue weighted by Crippen LogP contribution is -1.99. The lowest BCUT2D eigenvalue weighted by atomic mass is 10.2.